The van der Waals surface area contributed by atoms with E-state index < -0.39 is 0 Å². The molecule has 3 heteroatoms. The topological polar surface area (TPSA) is 3.24 Å². The van der Waals surface area contributed by atoms with Gasteiger partial charge in [-0.2, -0.15) is 0 Å². The molecule has 0 unspecified atom stereocenters. The Morgan fingerprint density at radius 3 is 2.64 bits per heavy atom. The van der Waals surface area contributed by atoms with Crippen LogP contribution in [0.2, 0.25) is 0 Å². The van der Waals surface area contributed by atoms with E-state index in [-0.39, 0.29) is 5.82 Å². The predicted molar refractivity (Wildman–Crippen MR) is 58.3 cm³/mol. The lowest BCUT2D eigenvalue weighted by atomic mass is 10.1. The van der Waals surface area contributed by atoms with Gasteiger partial charge in [0.15, 0.2) is 0 Å². The zero-order valence-electron chi connectivity index (χ0n) is 8.34. The second kappa shape index (κ2) is 5.99. The average molecular weight is 216 g/mol. The molecule has 0 aliphatic heterocycles. The lowest BCUT2D eigenvalue weighted by Gasteiger charge is -2.14. The van der Waals surface area contributed by atoms with Crippen molar-refractivity contribution >= 4 is 11.6 Å². The highest BCUT2D eigenvalue weighted by Crippen LogP contribution is 2.07. The maximum Gasteiger partial charge on any atom is 0.126 e. The van der Waals surface area contributed by atoms with E-state index in [4.69, 9.17) is 11.6 Å². The van der Waals surface area contributed by atoms with Crippen LogP contribution in [0.5, 0.6) is 0 Å². The van der Waals surface area contributed by atoms with Gasteiger partial charge >= 0.3 is 0 Å². The molecule has 0 amide bonds. The van der Waals surface area contributed by atoms with Crippen LogP contribution in [0.3, 0.4) is 0 Å². The molecule has 0 aromatic heterocycles. The lowest BCUT2D eigenvalue weighted by Crippen LogP contribution is -2.23. The van der Waals surface area contributed by atoms with Crippen molar-refractivity contribution in [3.05, 3.63) is 35.6 Å². The van der Waals surface area contributed by atoms with Gasteiger partial charge in [-0.3, -0.25) is 0 Å². The number of halogens is 2. The molecule has 0 saturated carbocycles. The van der Waals surface area contributed by atoms with Gasteiger partial charge in [0.25, 0.3) is 0 Å². The highest BCUT2D eigenvalue weighted by atomic mass is 35.5. The van der Waals surface area contributed by atoms with Gasteiger partial charge in [0, 0.05) is 19.0 Å². The summed E-state index contributed by atoms with van der Waals surface area (Å²) in [6.07, 6.45) is 0.736. The lowest BCUT2D eigenvalue weighted by molar-refractivity contribution is 0.357. The smallest absolute Gasteiger partial charge is 0.126 e. The molecule has 0 atom stereocenters. The van der Waals surface area contributed by atoms with Crippen LogP contribution in [-0.2, 0) is 6.42 Å². The van der Waals surface area contributed by atoms with E-state index in [0.717, 1.165) is 25.1 Å². The summed E-state index contributed by atoms with van der Waals surface area (Å²) in [5.74, 6) is 0.500. The molecule has 78 valence electrons. The molecule has 0 spiro atoms. The summed E-state index contributed by atoms with van der Waals surface area (Å²) >= 11 is 5.59. The minimum atomic E-state index is -0.119. The van der Waals surface area contributed by atoms with Crippen molar-refractivity contribution in [2.75, 3.05) is 26.0 Å². The first kappa shape index (κ1) is 11.5. The van der Waals surface area contributed by atoms with Gasteiger partial charge in [-0.1, -0.05) is 18.2 Å². The van der Waals surface area contributed by atoms with E-state index in [2.05, 4.69) is 4.90 Å². The first-order valence-corrected chi connectivity index (χ1v) is 5.25. The number of alkyl halides is 1. The second-order valence-corrected chi connectivity index (χ2v) is 3.71. The Morgan fingerprint density at radius 2 is 2.00 bits per heavy atom. The molecular weight excluding hydrogens is 201 g/mol. The summed E-state index contributed by atoms with van der Waals surface area (Å²) in [4.78, 5) is 2.10. The highest BCUT2D eigenvalue weighted by Gasteiger charge is 2.02. The molecule has 0 heterocycles. The Kier molecular flexibility index (Phi) is 4.91. The molecule has 0 aliphatic rings. The van der Waals surface area contributed by atoms with Gasteiger partial charge in [0.05, 0.1) is 0 Å². The first-order valence-electron chi connectivity index (χ1n) is 4.72. The maximum absolute atomic E-state index is 13.2. The van der Waals surface area contributed by atoms with Gasteiger partial charge in [-0.15, -0.1) is 11.6 Å². The van der Waals surface area contributed by atoms with Crippen molar-refractivity contribution in [3.63, 3.8) is 0 Å². The van der Waals surface area contributed by atoms with Crippen LogP contribution in [0.1, 0.15) is 5.56 Å². The molecule has 0 bridgehead atoms. The van der Waals surface area contributed by atoms with E-state index in [1.165, 1.54) is 6.07 Å². The fraction of sp³-hybridized carbons (Fsp3) is 0.455. The molecule has 0 aliphatic carbocycles. The van der Waals surface area contributed by atoms with Crippen LogP contribution in [-0.4, -0.2) is 30.9 Å². The minimum absolute atomic E-state index is 0.119. The standard InChI is InChI=1S/C11H15ClFN/c1-14(9-7-12)8-6-10-4-2-3-5-11(10)13/h2-5H,6-9H2,1H3. The Labute approximate surface area is 89.5 Å². The van der Waals surface area contributed by atoms with Crippen molar-refractivity contribution in [2.45, 2.75) is 6.42 Å². The number of nitrogens with zero attached hydrogens (tertiary/aromatic N) is 1. The fourth-order valence-corrected chi connectivity index (χ4v) is 1.56. The summed E-state index contributed by atoms with van der Waals surface area (Å²) in [7, 11) is 1.99. The van der Waals surface area contributed by atoms with Crippen LogP contribution >= 0.6 is 11.6 Å². The third kappa shape index (κ3) is 3.64. The SMILES string of the molecule is CN(CCCl)CCc1ccccc1F. The molecule has 0 radical (unpaired) electrons. The number of benzene rings is 1. The molecule has 1 aromatic carbocycles. The van der Waals surface area contributed by atoms with E-state index in [9.17, 15) is 4.39 Å². The molecule has 1 aromatic rings. The number of rotatable bonds is 5. The van der Waals surface area contributed by atoms with E-state index >= 15 is 0 Å². The van der Waals surface area contributed by atoms with Gasteiger partial charge in [0.2, 0.25) is 0 Å². The number of hydrogen-bond acceptors (Lipinski definition) is 1. The summed E-state index contributed by atoms with van der Waals surface area (Å²) in [6.45, 7) is 1.68. The molecule has 0 fully saturated rings. The van der Waals surface area contributed by atoms with Gasteiger partial charge < -0.3 is 4.90 Å². The Hall–Kier alpha value is -0.600. The van der Waals surface area contributed by atoms with Crippen LogP contribution in [0, 0.1) is 5.82 Å². The number of likely N-dealkylation sites (N-methyl/N-ethyl adjacent to an activating group) is 1. The summed E-state index contributed by atoms with van der Waals surface area (Å²) in [6, 6.07) is 6.89. The summed E-state index contributed by atoms with van der Waals surface area (Å²) in [5, 5.41) is 0. The molecular formula is C11H15ClFN. The molecule has 14 heavy (non-hydrogen) atoms. The Morgan fingerprint density at radius 1 is 1.29 bits per heavy atom. The molecule has 1 rings (SSSR count). The average Bonchev–Trinajstić information content (AvgIpc) is 2.17. The normalized spacial score (nSPS) is 10.9. The molecule has 1 nitrogen and oxygen atoms in total. The van der Waals surface area contributed by atoms with Crippen LogP contribution in [0.25, 0.3) is 0 Å². The van der Waals surface area contributed by atoms with Crippen molar-refractivity contribution in [1.82, 2.24) is 4.90 Å². The van der Waals surface area contributed by atoms with Gasteiger partial charge in [-0.05, 0) is 25.1 Å². The van der Waals surface area contributed by atoms with Crippen molar-refractivity contribution in [3.8, 4) is 0 Å². The van der Waals surface area contributed by atoms with Crippen molar-refractivity contribution < 1.29 is 4.39 Å². The molecule has 0 saturated heterocycles. The third-order valence-electron chi connectivity index (χ3n) is 2.19. The first-order chi connectivity index (χ1) is 6.74. The van der Waals surface area contributed by atoms with Crippen molar-refractivity contribution in [1.29, 1.82) is 0 Å². The zero-order chi connectivity index (χ0) is 10.4. The third-order valence-corrected chi connectivity index (χ3v) is 2.36. The van der Waals surface area contributed by atoms with Crippen LogP contribution < -0.4 is 0 Å². The van der Waals surface area contributed by atoms with E-state index in [1.54, 1.807) is 6.07 Å². The van der Waals surface area contributed by atoms with E-state index in [0.29, 0.717) is 5.88 Å². The quantitative estimate of drug-likeness (QED) is 0.683. The van der Waals surface area contributed by atoms with Gasteiger partial charge in [0.1, 0.15) is 5.82 Å². The molecule has 0 N–H and O–H groups in total. The maximum atomic E-state index is 13.2. The van der Waals surface area contributed by atoms with E-state index in [1.807, 2.05) is 19.2 Å². The van der Waals surface area contributed by atoms with Crippen LogP contribution in [0.4, 0.5) is 4.39 Å². The minimum Gasteiger partial charge on any atom is -0.305 e. The zero-order valence-corrected chi connectivity index (χ0v) is 9.10. The van der Waals surface area contributed by atoms with Crippen molar-refractivity contribution in [2.24, 2.45) is 0 Å². The largest absolute Gasteiger partial charge is 0.305 e. The monoisotopic (exact) mass is 215 g/mol. The fourth-order valence-electron chi connectivity index (χ4n) is 1.27. The Bertz CT molecular complexity index is 278. The predicted octanol–water partition coefficient (Wildman–Crippen LogP) is 2.54. The Balaban J connectivity index is 2.41. The van der Waals surface area contributed by atoms with Gasteiger partial charge in [-0.25, -0.2) is 4.39 Å². The summed E-state index contributed by atoms with van der Waals surface area (Å²) < 4.78 is 13.2. The highest BCUT2D eigenvalue weighted by molar-refractivity contribution is 6.18. The summed E-state index contributed by atoms with van der Waals surface area (Å²) in [5.41, 5.74) is 0.772. The number of hydrogen-bond donors (Lipinski definition) is 0. The second-order valence-electron chi connectivity index (χ2n) is 3.33. The van der Waals surface area contributed by atoms with Crippen LogP contribution in [0.15, 0.2) is 24.3 Å².